The predicted molar refractivity (Wildman–Crippen MR) is 75.1 cm³/mol. The molecule has 18 heavy (non-hydrogen) atoms. The van der Waals surface area contributed by atoms with Gasteiger partial charge in [-0.15, -0.1) is 0 Å². The molecule has 3 nitrogen and oxygen atoms in total. The van der Waals surface area contributed by atoms with E-state index in [1.165, 1.54) is 18.4 Å². The fraction of sp³-hybridized carbons (Fsp3) is 0.533. The van der Waals surface area contributed by atoms with Gasteiger partial charge in [0, 0.05) is 30.6 Å². The zero-order chi connectivity index (χ0) is 12.8. The molecular formula is C15H23N3. The van der Waals surface area contributed by atoms with Crippen LogP contribution >= 0.6 is 0 Å². The van der Waals surface area contributed by atoms with Crippen LogP contribution in [0.4, 0.5) is 0 Å². The molecule has 1 fully saturated rings. The first-order valence-corrected chi connectivity index (χ1v) is 6.87. The van der Waals surface area contributed by atoms with Gasteiger partial charge in [-0.25, -0.2) is 0 Å². The molecule has 1 saturated heterocycles. The Balaban J connectivity index is 1.95. The van der Waals surface area contributed by atoms with Crippen molar-refractivity contribution in [1.82, 2.24) is 15.6 Å². The van der Waals surface area contributed by atoms with Crippen molar-refractivity contribution in [3.63, 3.8) is 0 Å². The third-order valence-electron chi connectivity index (χ3n) is 3.64. The molecule has 2 N–H and O–H groups in total. The Labute approximate surface area is 110 Å². The van der Waals surface area contributed by atoms with E-state index >= 15 is 0 Å². The van der Waals surface area contributed by atoms with Crippen molar-refractivity contribution in [3.8, 4) is 0 Å². The van der Waals surface area contributed by atoms with Crippen LogP contribution in [0.15, 0.2) is 36.8 Å². The molecule has 2 heterocycles. The lowest BCUT2D eigenvalue weighted by atomic mass is 9.95. The maximum atomic E-state index is 4.22. The largest absolute Gasteiger partial charge is 0.382 e. The van der Waals surface area contributed by atoms with E-state index in [-0.39, 0.29) is 0 Å². The Hall–Kier alpha value is -1.35. The Kier molecular flexibility index (Phi) is 4.76. The third-order valence-corrected chi connectivity index (χ3v) is 3.64. The molecule has 0 aromatic carbocycles. The van der Waals surface area contributed by atoms with Crippen molar-refractivity contribution in [2.75, 3.05) is 13.1 Å². The molecule has 0 amide bonds. The molecule has 0 radical (unpaired) electrons. The molecular weight excluding hydrogens is 222 g/mol. The molecule has 1 aromatic heterocycles. The molecule has 3 heteroatoms. The second-order valence-electron chi connectivity index (χ2n) is 4.96. The zero-order valence-electron chi connectivity index (χ0n) is 11.2. The molecule has 2 atom stereocenters. The van der Waals surface area contributed by atoms with E-state index in [0.717, 1.165) is 25.2 Å². The van der Waals surface area contributed by atoms with Crippen LogP contribution in [0.25, 0.3) is 0 Å². The fourth-order valence-electron chi connectivity index (χ4n) is 2.49. The van der Waals surface area contributed by atoms with Crippen LogP contribution in [-0.4, -0.2) is 18.1 Å². The minimum atomic E-state index is 0.327. The van der Waals surface area contributed by atoms with Gasteiger partial charge in [-0.05, 0) is 37.4 Å². The van der Waals surface area contributed by atoms with Crippen molar-refractivity contribution >= 4 is 0 Å². The van der Waals surface area contributed by atoms with E-state index in [1.54, 1.807) is 0 Å². The smallest absolute Gasteiger partial charge is 0.0523 e. The van der Waals surface area contributed by atoms with Crippen LogP contribution in [-0.2, 0) is 0 Å². The molecule has 1 aliphatic rings. The molecule has 0 spiro atoms. The van der Waals surface area contributed by atoms with Gasteiger partial charge in [0.1, 0.15) is 0 Å². The first-order chi connectivity index (χ1) is 8.81. The molecule has 1 aromatic rings. The molecule has 1 aliphatic heterocycles. The highest BCUT2D eigenvalue weighted by atomic mass is 15.0. The van der Waals surface area contributed by atoms with E-state index in [0.29, 0.717) is 12.0 Å². The number of hydrogen-bond acceptors (Lipinski definition) is 3. The standard InChI is InChI=1S/C15H23N3/c1-3-15(14-7-5-9-17-11-14)18-12(2)13-6-4-8-16-10-13/h5,7,9,11,13,15-16,18H,2-4,6,8,10H2,1H3. The highest BCUT2D eigenvalue weighted by molar-refractivity contribution is 5.16. The number of rotatable bonds is 5. The highest BCUT2D eigenvalue weighted by Crippen LogP contribution is 2.22. The van der Waals surface area contributed by atoms with Crippen LogP contribution in [0.2, 0.25) is 0 Å². The monoisotopic (exact) mass is 245 g/mol. The molecule has 2 unspecified atom stereocenters. The van der Waals surface area contributed by atoms with E-state index < -0.39 is 0 Å². The summed E-state index contributed by atoms with van der Waals surface area (Å²) in [6.45, 7) is 8.60. The van der Waals surface area contributed by atoms with Gasteiger partial charge in [0.05, 0.1) is 6.04 Å². The summed E-state index contributed by atoms with van der Waals surface area (Å²) in [5.41, 5.74) is 2.41. The topological polar surface area (TPSA) is 37.0 Å². The summed E-state index contributed by atoms with van der Waals surface area (Å²) >= 11 is 0. The van der Waals surface area contributed by atoms with Gasteiger partial charge >= 0.3 is 0 Å². The first kappa shape index (κ1) is 13.1. The van der Waals surface area contributed by atoms with Gasteiger partial charge in [-0.2, -0.15) is 0 Å². The average molecular weight is 245 g/mol. The van der Waals surface area contributed by atoms with E-state index in [1.807, 2.05) is 18.5 Å². The molecule has 0 aliphatic carbocycles. The quantitative estimate of drug-likeness (QED) is 0.837. The SMILES string of the molecule is C=C(NC(CC)c1cccnc1)C1CCCNC1. The van der Waals surface area contributed by atoms with Crippen LogP contribution in [0, 0.1) is 5.92 Å². The van der Waals surface area contributed by atoms with Gasteiger partial charge in [0.25, 0.3) is 0 Å². The van der Waals surface area contributed by atoms with E-state index in [2.05, 4.69) is 35.2 Å². The second kappa shape index (κ2) is 6.55. The number of pyridine rings is 1. The van der Waals surface area contributed by atoms with Gasteiger partial charge in [-0.3, -0.25) is 4.98 Å². The Morgan fingerprint density at radius 3 is 3.17 bits per heavy atom. The minimum Gasteiger partial charge on any atom is -0.382 e. The summed E-state index contributed by atoms with van der Waals surface area (Å²) in [6.07, 6.45) is 7.28. The van der Waals surface area contributed by atoms with Crippen LogP contribution in [0.3, 0.4) is 0 Å². The summed E-state index contributed by atoms with van der Waals surface area (Å²) < 4.78 is 0. The minimum absolute atomic E-state index is 0.327. The Morgan fingerprint density at radius 1 is 1.67 bits per heavy atom. The third kappa shape index (κ3) is 3.33. The van der Waals surface area contributed by atoms with Crippen LogP contribution in [0.5, 0.6) is 0 Å². The summed E-state index contributed by atoms with van der Waals surface area (Å²) in [6, 6.07) is 4.44. The summed E-state index contributed by atoms with van der Waals surface area (Å²) in [4.78, 5) is 4.19. The molecule has 0 saturated carbocycles. The van der Waals surface area contributed by atoms with Gasteiger partial charge in [0.2, 0.25) is 0 Å². The Morgan fingerprint density at radius 2 is 2.56 bits per heavy atom. The summed E-state index contributed by atoms with van der Waals surface area (Å²) in [7, 11) is 0. The summed E-state index contributed by atoms with van der Waals surface area (Å²) in [5, 5.41) is 7.01. The van der Waals surface area contributed by atoms with Crippen LogP contribution in [0.1, 0.15) is 37.8 Å². The highest BCUT2D eigenvalue weighted by Gasteiger charge is 2.18. The lowest BCUT2D eigenvalue weighted by Gasteiger charge is -2.28. The maximum Gasteiger partial charge on any atom is 0.0523 e. The lowest BCUT2D eigenvalue weighted by Crippen LogP contribution is -2.35. The van der Waals surface area contributed by atoms with Crippen molar-refractivity contribution in [2.24, 2.45) is 5.92 Å². The molecule has 2 rings (SSSR count). The molecule has 0 bridgehead atoms. The predicted octanol–water partition coefficient (Wildman–Crippen LogP) is 2.64. The van der Waals surface area contributed by atoms with Gasteiger partial charge in [0.15, 0.2) is 0 Å². The van der Waals surface area contributed by atoms with Crippen molar-refractivity contribution in [3.05, 3.63) is 42.4 Å². The van der Waals surface area contributed by atoms with Crippen molar-refractivity contribution in [1.29, 1.82) is 0 Å². The average Bonchev–Trinajstić information content (AvgIpc) is 2.46. The lowest BCUT2D eigenvalue weighted by molar-refractivity contribution is 0.391. The first-order valence-electron chi connectivity index (χ1n) is 6.87. The maximum absolute atomic E-state index is 4.22. The number of nitrogens with zero attached hydrogens (tertiary/aromatic N) is 1. The number of nitrogens with one attached hydrogen (secondary N) is 2. The second-order valence-corrected chi connectivity index (χ2v) is 4.96. The van der Waals surface area contributed by atoms with Crippen molar-refractivity contribution < 1.29 is 0 Å². The Bertz CT molecular complexity index is 369. The molecule has 98 valence electrons. The zero-order valence-corrected chi connectivity index (χ0v) is 11.2. The van der Waals surface area contributed by atoms with Gasteiger partial charge < -0.3 is 10.6 Å². The number of piperidine rings is 1. The van der Waals surface area contributed by atoms with E-state index in [9.17, 15) is 0 Å². The van der Waals surface area contributed by atoms with Gasteiger partial charge in [-0.1, -0.05) is 19.6 Å². The number of aromatic nitrogens is 1. The fourth-order valence-corrected chi connectivity index (χ4v) is 2.49. The normalized spacial score (nSPS) is 21.3. The van der Waals surface area contributed by atoms with E-state index in [4.69, 9.17) is 0 Å². The summed E-state index contributed by atoms with van der Waals surface area (Å²) in [5.74, 6) is 0.560. The number of hydrogen-bond donors (Lipinski definition) is 2. The van der Waals surface area contributed by atoms with Crippen molar-refractivity contribution in [2.45, 2.75) is 32.2 Å². The van der Waals surface area contributed by atoms with Crippen LogP contribution < -0.4 is 10.6 Å².